The fourth-order valence-electron chi connectivity index (χ4n) is 10.5. The van der Waals surface area contributed by atoms with Gasteiger partial charge in [0.05, 0.1) is 18.2 Å². The van der Waals surface area contributed by atoms with Gasteiger partial charge in [-0.25, -0.2) is 9.59 Å². The number of hydrogen-bond donors (Lipinski definition) is 14. The van der Waals surface area contributed by atoms with Gasteiger partial charge < -0.3 is 114 Å². The minimum atomic E-state index is -1.63. The zero-order valence-corrected chi connectivity index (χ0v) is 41.4. The molecule has 24 nitrogen and oxygen atoms in total. The van der Waals surface area contributed by atoms with Crippen molar-refractivity contribution in [2.75, 3.05) is 32.8 Å². The molecule has 20 atom stereocenters. The number of aliphatic hydroxyl groups is 6. The van der Waals surface area contributed by atoms with Crippen molar-refractivity contribution in [2.24, 2.45) is 34.4 Å². The number of nitrogens with two attached hydrogens (primary N) is 6. The molecule has 24 heteroatoms. The maximum atomic E-state index is 13.6. The highest BCUT2D eigenvalue weighted by molar-refractivity contribution is 5.82. The summed E-state index contributed by atoms with van der Waals surface area (Å²) in [5.41, 5.74) is 41.9. The number of rotatable bonds is 21. The fraction of sp³-hybridized carbons (Fsp3) is 0.608. The maximum Gasteiger partial charge on any atom is 0.407 e. The quantitative estimate of drug-likeness (QED) is 0.0364. The zero-order valence-electron chi connectivity index (χ0n) is 41.4. The molecule has 75 heavy (non-hydrogen) atoms. The Bertz CT molecular complexity index is 2270. The number of amides is 1. The van der Waals surface area contributed by atoms with Crippen LogP contribution in [0.25, 0.3) is 11.1 Å². The monoisotopic (exact) mass is 1050 g/mol. The number of aliphatic hydroxyl groups excluding tert-OH is 6. The number of benzene rings is 3. The van der Waals surface area contributed by atoms with Crippen LogP contribution in [0.1, 0.15) is 48.3 Å². The van der Waals surface area contributed by atoms with Crippen molar-refractivity contribution in [2.45, 2.75) is 161 Å². The van der Waals surface area contributed by atoms with Crippen LogP contribution in [0, 0.1) is 0 Å². The van der Waals surface area contributed by atoms with Crippen LogP contribution in [0.4, 0.5) is 4.79 Å². The van der Waals surface area contributed by atoms with E-state index in [0.717, 1.165) is 27.8 Å². The first-order chi connectivity index (χ1) is 36.1. The molecule has 0 bridgehead atoms. The van der Waals surface area contributed by atoms with Crippen LogP contribution in [-0.2, 0) is 49.3 Å². The standard InChI is InChI=1S/C51H74N8O16/c52-19-33-39(61)41(63)36(56)48(70-33)73-44-31(55)18-30(54)38(60)46(44)75-50-43(65)45(74-49-37(57)42(64)40(62)34(20-53)71-49)35(72-50)21-58-17-9-8-16-32(47(66)68-22-24-10-2-1-3-11-24)59-51(67)69-23-29-27-14-6-4-12-25(27)26-13-5-7-15-28(26)29/h1-7,10-15,29-46,48-50,58,60-65H,8-9,16-23,52-57H2,(H,59,67)/t30-,31+,32+,33-,34-,35-,36-,37+,38+,39-,40+,41-,42+,43-,44-,45-,46-,48-,49?,50+/m1/s1. The van der Waals surface area contributed by atoms with Gasteiger partial charge in [0.15, 0.2) is 18.9 Å². The predicted octanol–water partition coefficient (Wildman–Crippen LogP) is -3.48. The molecule has 3 aromatic rings. The number of alkyl carbamates (subject to hydrolysis) is 1. The Hall–Kier alpha value is -4.36. The topological polar surface area (TPSA) is 410 Å². The summed E-state index contributed by atoms with van der Waals surface area (Å²) in [6.07, 6.45) is -19.9. The van der Waals surface area contributed by atoms with E-state index in [-0.39, 0.29) is 51.6 Å². The second-order valence-electron chi connectivity index (χ2n) is 19.9. The molecular weight excluding hydrogens is 981 g/mol. The number of unbranched alkanes of at least 4 members (excludes halogenated alkanes) is 1. The van der Waals surface area contributed by atoms with Gasteiger partial charge in [0, 0.05) is 37.6 Å². The lowest BCUT2D eigenvalue weighted by molar-refractivity contribution is -0.306. The first kappa shape index (κ1) is 56.8. The van der Waals surface area contributed by atoms with E-state index in [1.54, 1.807) is 0 Å². The Morgan fingerprint density at radius 1 is 0.600 bits per heavy atom. The van der Waals surface area contributed by atoms with E-state index in [1.165, 1.54) is 0 Å². The van der Waals surface area contributed by atoms with Gasteiger partial charge >= 0.3 is 12.1 Å². The molecule has 1 saturated carbocycles. The molecule has 4 fully saturated rings. The summed E-state index contributed by atoms with van der Waals surface area (Å²) in [6.45, 7) is -0.00271. The molecule has 3 saturated heterocycles. The van der Waals surface area contributed by atoms with E-state index in [4.69, 9.17) is 72.3 Å². The number of nitrogens with one attached hydrogen (secondary N) is 2. The van der Waals surface area contributed by atoms with Crippen LogP contribution in [0.2, 0.25) is 0 Å². The molecule has 2 aliphatic carbocycles. The van der Waals surface area contributed by atoms with Gasteiger partial charge in [0.25, 0.3) is 0 Å². The third-order valence-electron chi connectivity index (χ3n) is 14.8. The molecule has 3 heterocycles. The Balaban J connectivity index is 0.913. The van der Waals surface area contributed by atoms with Crippen LogP contribution in [0.3, 0.4) is 0 Å². The second-order valence-corrected chi connectivity index (χ2v) is 19.9. The molecular formula is C51H74N8O16. The molecule has 0 spiro atoms. The van der Waals surface area contributed by atoms with Gasteiger partial charge in [-0.15, -0.1) is 0 Å². The first-order valence-electron chi connectivity index (χ1n) is 25.6. The number of carbonyl (C=O) groups is 2. The Morgan fingerprint density at radius 2 is 1.15 bits per heavy atom. The van der Waals surface area contributed by atoms with Crippen LogP contribution >= 0.6 is 0 Å². The lowest BCUT2D eigenvalue weighted by Gasteiger charge is -2.47. The third-order valence-corrected chi connectivity index (χ3v) is 14.8. The summed E-state index contributed by atoms with van der Waals surface area (Å²) >= 11 is 0. The van der Waals surface area contributed by atoms with E-state index in [2.05, 4.69) is 10.6 Å². The Labute approximate surface area is 434 Å². The van der Waals surface area contributed by atoms with Crippen LogP contribution in [0.15, 0.2) is 78.9 Å². The van der Waals surface area contributed by atoms with Crippen molar-refractivity contribution >= 4 is 12.1 Å². The van der Waals surface area contributed by atoms with Gasteiger partial charge in [-0.3, -0.25) is 0 Å². The minimum absolute atomic E-state index is 0.00500. The smallest absolute Gasteiger partial charge is 0.407 e. The van der Waals surface area contributed by atoms with E-state index in [1.807, 2.05) is 78.9 Å². The lowest BCUT2D eigenvalue weighted by Crippen LogP contribution is -2.68. The fourth-order valence-corrected chi connectivity index (χ4v) is 10.5. The number of esters is 1. The van der Waals surface area contributed by atoms with Crippen molar-refractivity contribution in [3.63, 3.8) is 0 Å². The number of fused-ring (bicyclic) bond motifs is 3. The molecule has 414 valence electrons. The van der Waals surface area contributed by atoms with Gasteiger partial charge in [-0.2, -0.15) is 0 Å². The summed E-state index contributed by atoms with van der Waals surface area (Å²) in [7, 11) is 0. The molecule has 1 amide bonds. The van der Waals surface area contributed by atoms with Crippen molar-refractivity contribution in [1.82, 2.24) is 10.6 Å². The summed E-state index contributed by atoms with van der Waals surface area (Å²) in [5.74, 6) is -0.830. The molecule has 20 N–H and O–H groups in total. The van der Waals surface area contributed by atoms with E-state index >= 15 is 0 Å². The van der Waals surface area contributed by atoms with E-state index in [9.17, 15) is 40.2 Å². The highest BCUT2D eigenvalue weighted by atomic mass is 16.8. The highest BCUT2D eigenvalue weighted by Gasteiger charge is 2.54. The molecule has 8 rings (SSSR count). The summed E-state index contributed by atoms with van der Waals surface area (Å²) in [6, 6.07) is 19.6. The average Bonchev–Trinajstić information content (AvgIpc) is 3.90. The predicted molar refractivity (Wildman–Crippen MR) is 266 cm³/mol. The lowest BCUT2D eigenvalue weighted by atomic mass is 9.84. The van der Waals surface area contributed by atoms with Gasteiger partial charge in [0.2, 0.25) is 0 Å². The number of ether oxygens (including phenoxy) is 8. The number of carbonyl (C=O) groups excluding carboxylic acids is 2. The first-order valence-corrected chi connectivity index (χ1v) is 25.6. The molecule has 3 aromatic carbocycles. The summed E-state index contributed by atoms with van der Waals surface area (Å²) < 4.78 is 48.1. The summed E-state index contributed by atoms with van der Waals surface area (Å²) in [5, 5.41) is 71.8. The van der Waals surface area contributed by atoms with Crippen molar-refractivity contribution < 1.29 is 78.1 Å². The second kappa shape index (κ2) is 25.9. The summed E-state index contributed by atoms with van der Waals surface area (Å²) in [4.78, 5) is 27.0. The Kier molecular flexibility index (Phi) is 19.6. The average molecular weight is 1060 g/mol. The van der Waals surface area contributed by atoms with Crippen LogP contribution < -0.4 is 45.0 Å². The molecule has 3 aliphatic heterocycles. The SMILES string of the molecule is NC[C@H]1OC(O[C@H]2[C@@H](O)[C@H](O[C@@H]3[C@@H](O)[C@H](N)C[C@H](N)[C@H]3O[C@H]3O[C@H](CN)[C@@H](O)[C@H](O)[C@H]3N)O[C@@H]2CNCCCC[C@H](NC(=O)OCC2c3ccccc3-c3ccccc32)C(=O)OCc2ccccc2)[C@@H](N)[C@H](O)[C@H]1O. The van der Waals surface area contributed by atoms with Crippen molar-refractivity contribution in [3.05, 3.63) is 95.6 Å². The van der Waals surface area contributed by atoms with E-state index < -0.39 is 134 Å². The molecule has 0 radical (unpaired) electrons. The Morgan fingerprint density at radius 3 is 1.75 bits per heavy atom. The third kappa shape index (κ3) is 13.0. The van der Waals surface area contributed by atoms with Crippen molar-refractivity contribution in [3.8, 4) is 11.1 Å². The molecule has 1 unspecified atom stereocenters. The van der Waals surface area contributed by atoms with Gasteiger partial charge in [-0.1, -0.05) is 78.9 Å². The highest BCUT2D eigenvalue weighted by Crippen LogP contribution is 2.44. The van der Waals surface area contributed by atoms with Gasteiger partial charge in [-0.05, 0) is 60.0 Å². The van der Waals surface area contributed by atoms with Crippen LogP contribution in [0.5, 0.6) is 0 Å². The molecule has 0 aromatic heterocycles. The molecule has 5 aliphatic rings. The maximum absolute atomic E-state index is 13.6. The zero-order chi connectivity index (χ0) is 53.5. The normalized spacial score (nSPS) is 36.1. The largest absolute Gasteiger partial charge is 0.459 e. The van der Waals surface area contributed by atoms with Gasteiger partial charge in [0.1, 0.15) is 86.4 Å². The van der Waals surface area contributed by atoms with Crippen molar-refractivity contribution in [1.29, 1.82) is 0 Å². The number of hydrogen-bond acceptors (Lipinski definition) is 23. The van der Waals surface area contributed by atoms with E-state index in [0.29, 0.717) is 19.4 Å². The minimum Gasteiger partial charge on any atom is -0.459 e. The van der Waals surface area contributed by atoms with Crippen LogP contribution in [-0.4, -0.2) is 198 Å².